The minimum Gasteiger partial charge on any atom is -0.478 e. The fourth-order valence-electron chi connectivity index (χ4n) is 5.97. The van der Waals surface area contributed by atoms with Gasteiger partial charge in [-0.15, -0.1) is 0 Å². The van der Waals surface area contributed by atoms with Crippen LogP contribution in [0.15, 0.2) is 71.2 Å². The average Bonchev–Trinajstić information content (AvgIpc) is 3.08. The standard InChI is InChI=1S/C39H46N4O7/c1-42(2)27-14-17-31-34(23-27)50-35-24-28(43(3)4)15-18-32(35)36(31)30-16-13-26(22-33(30)38(45)46)37(44)40-19-9-7-10-20-41-39(47)49-25-29-12-8-5-6-11-21-48-29/h5-6,13-18,22-24,29H,7-12,19-21,25H2,1-4H3,(H2-,40,41,44,45,46,47)/p+1/b6-5+/t29-/m0/s1. The molecule has 11 heteroatoms. The van der Waals surface area contributed by atoms with E-state index in [4.69, 9.17) is 13.9 Å². The normalized spacial score (nSPS) is 15.2. The lowest BCUT2D eigenvalue weighted by Crippen LogP contribution is -2.30. The van der Waals surface area contributed by atoms with Crippen molar-refractivity contribution in [3.05, 3.63) is 83.2 Å². The zero-order chi connectivity index (χ0) is 35.6. The Morgan fingerprint density at radius 1 is 0.920 bits per heavy atom. The molecule has 2 amide bonds. The van der Waals surface area contributed by atoms with Gasteiger partial charge in [0, 0.05) is 67.1 Å². The maximum absolute atomic E-state index is 13.1. The monoisotopic (exact) mass is 683 g/mol. The highest BCUT2D eigenvalue weighted by Gasteiger charge is 2.24. The van der Waals surface area contributed by atoms with Gasteiger partial charge in [0.05, 0.1) is 24.3 Å². The Labute approximate surface area is 292 Å². The molecule has 264 valence electrons. The van der Waals surface area contributed by atoms with E-state index in [9.17, 15) is 19.5 Å². The van der Waals surface area contributed by atoms with Crippen molar-refractivity contribution in [3.8, 4) is 22.5 Å². The molecule has 3 aliphatic rings. The quantitative estimate of drug-likeness (QED) is 0.0744. The van der Waals surface area contributed by atoms with E-state index in [1.807, 2.05) is 74.1 Å². The molecule has 0 radical (unpaired) electrons. The Hall–Kier alpha value is -5.16. The first-order valence-electron chi connectivity index (χ1n) is 17.1. The average molecular weight is 684 g/mol. The molecule has 0 unspecified atom stereocenters. The third-order valence-electron chi connectivity index (χ3n) is 8.77. The van der Waals surface area contributed by atoms with E-state index < -0.39 is 12.1 Å². The summed E-state index contributed by atoms with van der Waals surface area (Å²) in [5, 5.41) is 17.7. The first-order valence-corrected chi connectivity index (χ1v) is 17.1. The molecule has 11 nitrogen and oxygen atoms in total. The summed E-state index contributed by atoms with van der Waals surface area (Å²) in [6, 6.07) is 16.5. The molecule has 0 bridgehead atoms. The minimum atomic E-state index is -1.13. The summed E-state index contributed by atoms with van der Waals surface area (Å²) in [5.74, 6) is -0.860. The van der Waals surface area contributed by atoms with Crippen LogP contribution in [0.25, 0.3) is 33.4 Å². The van der Waals surface area contributed by atoms with Crippen LogP contribution in [0.1, 0.15) is 59.2 Å². The Morgan fingerprint density at radius 3 is 2.44 bits per heavy atom. The third kappa shape index (κ3) is 9.09. The number of rotatable bonds is 12. The van der Waals surface area contributed by atoms with Gasteiger partial charge in [-0.1, -0.05) is 18.2 Å². The van der Waals surface area contributed by atoms with Crippen LogP contribution in [0.5, 0.6) is 0 Å². The van der Waals surface area contributed by atoms with Crippen LogP contribution < -0.4 is 25.5 Å². The summed E-state index contributed by atoms with van der Waals surface area (Å²) in [4.78, 5) is 39.8. The molecule has 50 heavy (non-hydrogen) atoms. The molecule has 3 N–H and O–H groups in total. The van der Waals surface area contributed by atoms with Crippen molar-refractivity contribution < 1.29 is 33.4 Å². The molecule has 2 aromatic carbocycles. The lowest BCUT2D eigenvalue weighted by atomic mass is 9.89. The van der Waals surface area contributed by atoms with E-state index in [2.05, 4.69) is 22.8 Å². The van der Waals surface area contributed by atoms with Crippen molar-refractivity contribution in [2.45, 2.75) is 44.6 Å². The van der Waals surface area contributed by atoms with E-state index in [1.165, 1.54) is 6.07 Å². The fourth-order valence-corrected chi connectivity index (χ4v) is 5.97. The highest BCUT2D eigenvalue weighted by molar-refractivity contribution is 6.09. The SMILES string of the molecule is CN(C)c1ccc2c(-c3ccc(C(=O)NCCCCCNC(=O)OC[C@@H]4CC/C=C/CCO4)cc3C(=O)O)c3ccc(=[N+](C)C)cc-3oc2c1. The fraction of sp³-hybridized carbons (Fsp3) is 0.385. The number of carbonyl (C=O) groups is 3. The summed E-state index contributed by atoms with van der Waals surface area (Å²) in [6.07, 6.45) is 8.51. The number of allylic oxidation sites excluding steroid dienone is 1. The number of fused-ring (bicyclic) bond motifs is 2. The molecular weight excluding hydrogens is 636 g/mol. The highest BCUT2D eigenvalue weighted by atomic mass is 16.6. The Kier molecular flexibility index (Phi) is 12.3. The van der Waals surface area contributed by atoms with Crippen LogP contribution in [0.4, 0.5) is 10.5 Å². The second kappa shape index (κ2) is 17.0. The predicted molar refractivity (Wildman–Crippen MR) is 195 cm³/mol. The molecular formula is C39H47N4O7+. The van der Waals surface area contributed by atoms with Gasteiger partial charge in [-0.3, -0.25) is 4.79 Å². The van der Waals surface area contributed by atoms with Crippen LogP contribution in [0, 0.1) is 0 Å². The molecule has 2 aromatic rings. The van der Waals surface area contributed by atoms with Crippen molar-refractivity contribution >= 4 is 34.6 Å². The van der Waals surface area contributed by atoms with Gasteiger partial charge < -0.3 is 34.5 Å². The number of nitrogens with one attached hydrogen (secondary N) is 2. The topological polar surface area (TPSA) is 133 Å². The third-order valence-corrected chi connectivity index (χ3v) is 8.77. The van der Waals surface area contributed by atoms with E-state index in [0.29, 0.717) is 43.0 Å². The first kappa shape index (κ1) is 36.1. The lowest BCUT2D eigenvalue weighted by Gasteiger charge is -2.19. The second-order valence-corrected chi connectivity index (χ2v) is 12.9. The van der Waals surface area contributed by atoms with Crippen LogP contribution in [-0.4, -0.2) is 83.7 Å². The summed E-state index contributed by atoms with van der Waals surface area (Å²) in [7, 11) is 7.80. The summed E-state index contributed by atoms with van der Waals surface area (Å²) in [6.45, 7) is 1.75. The number of hydrogen-bond acceptors (Lipinski definition) is 7. The number of carbonyl (C=O) groups excluding carboxylic acids is 2. The number of alkyl carbamates (subject to hydrolysis) is 1. The molecule has 2 heterocycles. The number of hydrogen-bond donors (Lipinski definition) is 3. The van der Waals surface area contributed by atoms with Gasteiger partial charge in [0.1, 0.15) is 32.0 Å². The van der Waals surface area contributed by atoms with Gasteiger partial charge in [0.15, 0.2) is 0 Å². The van der Waals surface area contributed by atoms with Gasteiger partial charge in [0.25, 0.3) is 5.91 Å². The first-order chi connectivity index (χ1) is 24.1. The molecule has 0 fully saturated rings. The number of aromatic carboxylic acids is 1. The number of carboxylic acid groups (broad SMARTS) is 1. The molecule has 1 aliphatic carbocycles. The number of ether oxygens (including phenoxy) is 2. The van der Waals surface area contributed by atoms with Gasteiger partial charge in [-0.25, -0.2) is 14.2 Å². The number of unbranched alkanes of at least 4 members (excludes halogenated alkanes) is 2. The molecule has 0 saturated heterocycles. The zero-order valence-corrected chi connectivity index (χ0v) is 29.3. The smallest absolute Gasteiger partial charge is 0.407 e. The van der Waals surface area contributed by atoms with E-state index >= 15 is 0 Å². The van der Waals surface area contributed by atoms with E-state index in [1.54, 1.807) is 12.1 Å². The zero-order valence-electron chi connectivity index (χ0n) is 29.3. The Balaban J connectivity index is 1.22. The highest BCUT2D eigenvalue weighted by Crippen LogP contribution is 2.42. The Morgan fingerprint density at radius 2 is 1.68 bits per heavy atom. The van der Waals surface area contributed by atoms with Crippen LogP contribution in [-0.2, 0) is 9.47 Å². The lowest BCUT2D eigenvalue weighted by molar-refractivity contribution is 0.00189. The van der Waals surface area contributed by atoms with Crippen LogP contribution >= 0.6 is 0 Å². The number of amides is 2. The van der Waals surface area contributed by atoms with Gasteiger partial charge in [-0.2, -0.15) is 0 Å². The van der Waals surface area contributed by atoms with Crippen molar-refractivity contribution in [3.63, 3.8) is 0 Å². The summed E-state index contributed by atoms with van der Waals surface area (Å²) >= 11 is 0. The van der Waals surface area contributed by atoms with Gasteiger partial charge in [0.2, 0.25) is 5.36 Å². The van der Waals surface area contributed by atoms with Crippen LogP contribution in [0.3, 0.4) is 0 Å². The number of benzene rings is 3. The number of carboxylic acids is 1. The second-order valence-electron chi connectivity index (χ2n) is 12.9. The van der Waals surface area contributed by atoms with Crippen molar-refractivity contribution in [1.29, 1.82) is 0 Å². The molecule has 0 aromatic heterocycles. The molecule has 0 spiro atoms. The van der Waals surface area contributed by atoms with Crippen molar-refractivity contribution in [2.75, 3.05) is 59.4 Å². The summed E-state index contributed by atoms with van der Waals surface area (Å²) in [5.41, 5.74) is 3.85. The minimum absolute atomic E-state index is 0.0238. The molecule has 1 atom stereocenters. The predicted octanol–water partition coefficient (Wildman–Crippen LogP) is 5.75. The molecule has 5 rings (SSSR count). The van der Waals surface area contributed by atoms with E-state index in [0.717, 1.165) is 59.7 Å². The van der Waals surface area contributed by atoms with Gasteiger partial charge >= 0.3 is 12.1 Å². The van der Waals surface area contributed by atoms with Gasteiger partial charge in [-0.05, 0) is 74.4 Å². The summed E-state index contributed by atoms with van der Waals surface area (Å²) < 4.78 is 19.4. The molecule has 0 saturated carbocycles. The maximum atomic E-state index is 13.1. The maximum Gasteiger partial charge on any atom is 0.407 e. The number of anilines is 1. The Bertz CT molecular complexity index is 1910. The van der Waals surface area contributed by atoms with Crippen molar-refractivity contribution in [2.24, 2.45) is 0 Å². The van der Waals surface area contributed by atoms with E-state index in [-0.39, 0.29) is 29.7 Å². The number of nitrogens with zero attached hydrogens (tertiary/aromatic N) is 2. The van der Waals surface area contributed by atoms with Crippen LogP contribution in [0.2, 0.25) is 0 Å². The molecule has 2 aliphatic heterocycles. The van der Waals surface area contributed by atoms with Crippen molar-refractivity contribution in [1.82, 2.24) is 15.2 Å². The largest absolute Gasteiger partial charge is 0.478 e.